The summed E-state index contributed by atoms with van der Waals surface area (Å²) in [6.45, 7) is 3.81. The van der Waals surface area contributed by atoms with E-state index in [0.29, 0.717) is 10.5 Å². The van der Waals surface area contributed by atoms with Crippen LogP contribution in [-0.4, -0.2) is 15.5 Å². The first kappa shape index (κ1) is 13.6. The number of aryl methyl sites for hydroxylation is 2. The molecule has 21 heavy (non-hydrogen) atoms. The second kappa shape index (κ2) is 4.90. The molecule has 2 aromatic carbocycles. The summed E-state index contributed by atoms with van der Waals surface area (Å²) in [5, 5.41) is 11.6. The molecule has 1 aromatic heterocycles. The fourth-order valence-corrected chi connectivity index (χ4v) is 2.55. The molecule has 0 fully saturated rings. The van der Waals surface area contributed by atoms with Crippen LogP contribution in [0.15, 0.2) is 36.4 Å². The Balaban J connectivity index is 2.25. The first-order valence-corrected chi connectivity index (χ1v) is 6.82. The van der Waals surface area contributed by atoms with E-state index in [-0.39, 0.29) is 5.56 Å². The number of benzene rings is 2. The number of hydrogen-bond acceptors (Lipinski definition) is 3. The summed E-state index contributed by atoms with van der Waals surface area (Å²) in [6.07, 6.45) is 0. The average Bonchev–Trinajstić information content (AvgIpc) is 2.76. The van der Waals surface area contributed by atoms with Crippen molar-refractivity contribution in [1.29, 1.82) is 0 Å². The summed E-state index contributed by atoms with van der Waals surface area (Å²) in [6, 6.07) is 10.5. The minimum Gasteiger partial charge on any atom is -0.545 e. The molecular weight excluding hydrogens is 288 g/mol. The predicted octanol–water partition coefficient (Wildman–Crippen LogP) is 2.66. The van der Waals surface area contributed by atoms with Crippen LogP contribution in [0.3, 0.4) is 0 Å². The number of nitrogens with zero attached hydrogens (tertiary/aromatic N) is 2. The highest BCUT2D eigenvalue weighted by Crippen LogP contribution is 2.25. The summed E-state index contributed by atoms with van der Waals surface area (Å²) in [5.41, 5.74) is 3.46. The van der Waals surface area contributed by atoms with Crippen molar-refractivity contribution < 1.29 is 9.90 Å². The quantitative estimate of drug-likeness (QED) is 0.731. The number of rotatable bonds is 2. The van der Waals surface area contributed by atoms with Crippen molar-refractivity contribution in [3.63, 3.8) is 0 Å². The molecule has 0 amide bonds. The van der Waals surface area contributed by atoms with E-state index in [4.69, 9.17) is 11.6 Å². The molecule has 0 unspecified atom stereocenters. The first-order chi connectivity index (χ1) is 9.97. The maximum atomic E-state index is 10.9. The van der Waals surface area contributed by atoms with E-state index < -0.39 is 5.97 Å². The van der Waals surface area contributed by atoms with Crippen molar-refractivity contribution in [1.82, 2.24) is 9.55 Å². The highest BCUT2D eigenvalue weighted by atomic mass is 35.5. The van der Waals surface area contributed by atoms with Gasteiger partial charge in [0.05, 0.1) is 17.0 Å². The second-order valence-corrected chi connectivity index (χ2v) is 5.33. The van der Waals surface area contributed by atoms with E-state index in [1.807, 2.05) is 36.6 Å². The lowest BCUT2D eigenvalue weighted by molar-refractivity contribution is -0.255. The number of halogens is 1. The molecule has 0 N–H and O–H groups in total. The third-order valence-electron chi connectivity index (χ3n) is 3.47. The molecule has 4 nitrogen and oxygen atoms in total. The van der Waals surface area contributed by atoms with E-state index in [0.717, 1.165) is 22.6 Å². The largest absolute Gasteiger partial charge is 0.545 e. The number of imidazole rings is 1. The topological polar surface area (TPSA) is 58.0 Å². The predicted molar refractivity (Wildman–Crippen MR) is 79.9 cm³/mol. The number of carboxylic acids is 1. The fourth-order valence-electron chi connectivity index (χ4n) is 2.37. The van der Waals surface area contributed by atoms with E-state index >= 15 is 0 Å². The van der Waals surface area contributed by atoms with Gasteiger partial charge in [0.15, 0.2) is 0 Å². The number of hydrogen-bond donors (Lipinski definition) is 0. The third kappa shape index (κ3) is 2.28. The Morgan fingerprint density at radius 1 is 1.19 bits per heavy atom. The molecule has 0 aliphatic rings. The Hall–Kier alpha value is -2.33. The third-order valence-corrected chi connectivity index (χ3v) is 3.88. The molecule has 0 atom stereocenters. The van der Waals surface area contributed by atoms with Crippen molar-refractivity contribution in [2.24, 2.45) is 0 Å². The summed E-state index contributed by atoms with van der Waals surface area (Å²) >= 11 is 6.18. The van der Waals surface area contributed by atoms with E-state index in [1.54, 1.807) is 6.07 Å². The standard InChI is InChI=1S/C16H13ClN2O2/c1-9-3-5-12(8-13(9)17)19-10(2)18-14-7-11(16(20)21)4-6-15(14)19/h3-8H,1-2H3,(H,20,21)/p-1. The van der Waals surface area contributed by atoms with Crippen molar-refractivity contribution in [3.05, 3.63) is 58.4 Å². The Morgan fingerprint density at radius 2 is 1.95 bits per heavy atom. The fraction of sp³-hybridized carbons (Fsp3) is 0.125. The number of aromatic nitrogens is 2. The van der Waals surface area contributed by atoms with Crippen LogP contribution in [0.4, 0.5) is 0 Å². The molecular formula is C16H12ClN2O2-. The van der Waals surface area contributed by atoms with Crippen molar-refractivity contribution in [2.45, 2.75) is 13.8 Å². The molecule has 0 saturated heterocycles. The van der Waals surface area contributed by atoms with Gasteiger partial charge in [0.25, 0.3) is 0 Å². The molecule has 3 rings (SSSR count). The Morgan fingerprint density at radius 3 is 2.62 bits per heavy atom. The highest BCUT2D eigenvalue weighted by Gasteiger charge is 2.11. The van der Waals surface area contributed by atoms with Gasteiger partial charge >= 0.3 is 0 Å². The zero-order valence-corrected chi connectivity index (χ0v) is 12.3. The molecule has 0 spiro atoms. The molecule has 0 bridgehead atoms. The second-order valence-electron chi connectivity index (χ2n) is 4.92. The maximum Gasteiger partial charge on any atom is 0.111 e. The van der Waals surface area contributed by atoms with Crippen LogP contribution in [0.1, 0.15) is 21.7 Å². The Bertz CT molecular complexity index is 868. The van der Waals surface area contributed by atoms with Gasteiger partial charge < -0.3 is 9.90 Å². The zero-order valence-electron chi connectivity index (χ0n) is 11.6. The van der Waals surface area contributed by atoms with E-state index in [2.05, 4.69) is 4.98 Å². The van der Waals surface area contributed by atoms with Crippen LogP contribution < -0.4 is 5.11 Å². The van der Waals surface area contributed by atoms with Crippen LogP contribution in [0, 0.1) is 13.8 Å². The molecule has 0 aliphatic carbocycles. The van der Waals surface area contributed by atoms with Gasteiger partial charge in [-0.2, -0.15) is 0 Å². The van der Waals surface area contributed by atoms with Crippen LogP contribution in [0.2, 0.25) is 5.02 Å². The molecule has 1 heterocycles. The summed E-state index contributed by atoms with van der Waals surface area (Å²) in [7, 11) is 0. The first-order valence-electron chi connectivity index (χ1n) is 6.44. The van der Waals surface area contributed by atoms with Gasteiger partial charge in [-0.05, 0) is 49.2 Å². The van der Waals surface area contributed by atoms with Crippen LogP contribution in [-0.2, 0) is 0 Å². The van der Waals surface area contributed by atoms with Gasteiger partial charge in [0, 0.05) is 10.7 Å². The SMILES string of the molecule is Cc1ccc(-n2c(C)nc3cc(C(=O)[O-])ccc32)cc1Cl. The molecule has 3 aromatic rings. The molecule has 0 saturated carbocycles. The van der Waals surface area contributed by atoms with E-state index in [9.17, 15) is 9.90 Å². The number of carbonyl (C=O) groups is 1. The number of carboxylic acid groups (broad SMARTS) is 1. The molecule has 106 valence electrons. The molecule has 0 radical (unpaired) electrons. The lowest BCUT2D eigenvalue weighted by atomic mass is 10.2. The molecule has 5 heteroatoms. The normalized spacial score (nSPS) is 11.0. The van der Waals surface area contributed by atoms with Gasteiger partial charge in [0.2, 0.25) is 0 Å². The minimum atomic E-state index is -1.21. The maximum absolute atomic E-state index is 10.9. The van der Waals surface area contributed by atoms with Crippen LogP contribution >= 0.6 is 11.6 Å². The summed E-state index contributed by atoms with van der Waals surface area (Å²) in [4.78, 5) is 15.3. The average molecular weight is 300 g/mol. The van der Waals surface area contributed by atoms with Gasteiger partial charge in [-0.25, -0.2) is 4.98 Å². The summed E-state index contributed by atoms with van der Waals surface area (Å²) < 4.78 is 1.94. The number of carbonyl (C=O) groups excluding carboxylic acids is 1. The van der Waals surface area contributed by atoms with Gasteiger partial charge in [-0.3, -0.25) is 4.57 Å². The zero-order chi connectivity index (χ0) is 15.1. The van der Waals surface area contributed by atoms with Crippen LogP contribution in [0.5, 0.6) is 0 Å². The van der Waals surface area contributed by atoms with Gasteiger partial charge in [0.1, 0.15) is 5.82 Å². The lowest BCUT2D eigenvalue weighted by Crippen LogP contribution is -2.21. The Labute approximate surface area is 126 Å². The van der Waals surface area contributed by atoms with Gasteiger partial charge in [-0.15, -0.1) is 0 Å². The van der Waals surface area contributed by atoms with Crippen LogP contribution in [0.25, 0.3) is 16.7 Å². The number of aromatic carboxylic acids is 1. The van der Waals surface area contributed by atoms with Crippen molar-refractivity contribution in [2.75, 3.05) is 0 Å². The lowest BCUT2D eigenvalue weighted by Gasteiger charge is -2.09. The van der Waals surface area contributed by atoms with Crippen molar-refractivity contribution >= 4 is 28.6 Å². The summed E-state index contributed by atoms with van der Waals surface area (Å²) in [5.74, 6) is -0.442. The van der Waals surface area contributed by atoms with Crippen molar-refractivity contribution in [3.8, 4) is 5.69 Å². The monoisotopic (exact) mass is 299 g/mol. The van der Waals surface area contributed by atoms with Gasteiger partial charge in [-0.1, -0.05) is 23.7 Å². The minimum absolute atomic E-state index is 0.120. The number of fused-ring (bicyclic) bond motifs is 1. The highest BCUT2D eigenvalue weighted by molar-refractivity contribution is 6.31. The Kier molecular flexibility index (Phi) is 3.18. The molecule has 0 aliphatic heterocycles. The van der Waals surface area contributed by atoms with E-state index in [1.165, 1.54) is 12.1 Å². The smallest absolute Gasteiger partial charge is 0.111 e.